The fourth-order valence-electron chi connectivity index (χ4n) is 2.53. The minimum atomic E-state index is -3.46. The lowest BCUT2D eigenvalue weighted by Gasteiger charge is -2.23. The molecule has 118 valence electrons. The van der Waals surface area contributed by atoms with Crippen LogP contribution >= 0.6 is 0 Å². The zero-order valence-electron chi connectivity index (χ0n) is 12.9. The molecule has 0 saturated heterocycles. The standard InChI is InChI=1S/C16H25NO3S/c1-3-5-10-17(15-8-9-15)21(19,20)16-11-13(12-18)6-7-14(16)4-2/h6-7,11,15,18H,3-5,8-10,12H2,1-2H3. The van der Waals surface area contributed by atoms with Crippen LogP contribution < -0.4 is 0 Å². The van der Waals surface area contributed by atoms with E-state index in [1.807, 2.05) is 13.0 Å². The average molecular weight is 311 g/mol. The van der Waals surface area contributed by atoms with Gasteiger partial charge in [-0.1, -0.05) is 32.4 Å². The lowest BCUT2D eigenvalue weighted by molar-refractivity contribution is 0.281. The van der Waals surface area contributed by atoms with Gasteiger partial charge in [-0.2, -0.15) is 4.31 Å². The topological polar surface area (TPSA) is 57.6 Å². The normalized spacial score (nSPS) is 15.6. The third-order valence-corrected chi connectivity index (χ3v) is 6.00. The molecule has 1 aromatic rings. The largest absolute Gasteiger partial charge is 0.392 e. The molecule has 0 unspecified atom stereocenters. The maximum Gasteiger partial charge on any atom is 0.243 e. The van der Waals surface area contributed by atoms with Gasteiger partial charge in [-0.25, -0.2) is 8.42 Å². The SMILES string of the molecule is CCCCN(C1CC1)S(=O)(=O)c1cc(CO)ccc1CC. The molecule has 0 radical (unpaired) electrons. The van der Waals surface area contributed by atoms with E-state index in [0.717, 1.165) is 31.2 Å². The molecule has 0 aromatic heterocycles. The summed E-state index contributed by atoms with van der Waals surface area (Å²) in [6.45, 7) is 4.49. The van der Waals surface area contributed by atoms with Gasteiger partial charge >= 0.3 is 0 Å². The van der Waals surface area contributed by atoms with E-state index in [-0.39, 0.29) is 12.6 Å². The third kappa shape index (κ3) is 3.65. The number of hydrogen-bond donors (Lipinski definition) is 1. The predicted octanol–water partition coefficient (Wildman–Crippen LogP) is 2.69. The van der Waals surface area contributed by atoms with Crippen LogP contribution in [0.1, 0.15) is 50.7 Å². The zero-order valence-corrected chi connectivity index (χ0v) is 13.7. The lowest BCUT2D eigenvalue weighted by atomic mass is 10.1. The number of hydrogen-bond acceptors (Lipinski definition) is 3. The molecule has 5 heteroatoms. The van der Waals surface area contributed by atoms with Gasteiger partial charge in [-0.15, -0.1) is 0 Å². The van der Waals surface area contributed by atoms with Gasteiger partial charge in [0.2, 0.25) is 10.0 Å². The molecule has 1 aromatic carbocycles. The Labute approximate surface area is 127 Å². The lowest BCUT2D eigenvalue weighted by Crippen LogP contribution is -2.34. The van der Waals surface area contributed by atoms with Gasteiger partial charge < -0.3 is 5.11 Å². The minimum Gasteiger partial charge on any atom is -0.392 e. The van der Waals surface area contributed by atoms with Crippen molar-refractivity contribution in [2.24, 2.45) is 0 Å². The van der Waals surface area contributed by atoms with E-state index in [1.54, 1.807) is 16.4 Å². The fourth-order valence-corrected chi connectivity index (χ4v) is 4.60. The summed E-state index contributed by atoms with van der Waals surface area (Å²) >= 11 is 0. The highest BCUT2D eigenvalue weighted by molar-refractivity contribution is 7.89. The van der Waals surface area contributed by atoms with Crippen LogP contribution in [0.25, 0.3) is 0 Å². The van der Waals surface area contributed by atoms with Crippen molar-refractivity contribution in [2.45, 2.75) is 63.5 Å². The molecule has 1 aliphatic rings. The Hall–Kier alpha value is -0.910. The van der Waals surface area contributed by atoms with E-state index in [9.17, 15) is 13.5 Å². The minimum absolute atomic E-state index is 0.134. The predicted molar refractivity (Wildman–Crippen MR) is 83.6 cm³/mol. The molecule has 0 atom stereocenters. The van der Waals surface area contributed by atoms with Crippen molar-refractivity contribution in [3.8, 4) is 0 Å². The van der Waals surface area contributed by atoms with Crippen LogP contribution in [0.2, 0.25) is 0 Å². The highest BCUT2D eigenvalue weighted by atomic mass is 32.2. The second-order valence-corrected chi connectivity index (χ2v) is 7.51. The van der Waals surface area contributed by atoms with E-state index in [4.69, 9.17) is 0 Å². The quantitative estimate of drug-likeness (QED) is 0.803. The Morgan fingerprint density at radius 1 is 1.29 bits per heavy atom. The van der Waals surface area contributed by atoms with Crippen LogP contribution in [-0.2, 0) is 23.1 Å². The second-order valence-electron chi connectivity index (χ2n) is 5.65. The smallest absolute Gasteiger partial charge is 0.243 e. The molecule has 1 N–H and O–H groups in total. The molecule has 4 nitrogen and oxygen atoms in total. The molecule has 0 bridgehead atoms. The second kappa shape index (κ2) is 6.90. The first-order valence-corrected chi connectivity index (χ1v) is 9.23. The molecule has 0 heterocycles. The molecular weight excluding hydrogens is 286 g/mol. The van der Waals surface area contributed by atoms with Crippen LogP contribution in [0, 0.1) is 0 Å². The van der Waals surface area contributed by atoms with Crippen molar-refractivity contribution in [1.29, 1.82) is 0 Å². The molecule has 1 saturated carbocycles. The van der Waals surface area contributed by atoms with Crippen molar-refractivity contribution in [2.75, 3.05) is 6.54 Å². The van der Waals surface area contributed by atoms with Gasteiger partial charge in [0.1, 0.15) is 0 Å². The summed E-state index contributed by atoms with van der Waals surface area (Å²) < 4.78 is 27.7. The molecule has 1 aliphatic carbocycles. The fraction of sp³-hybridized carbons (Fsp3) is 0.625. The van der Waals surface area contributed by atoms with E-state index in [0.29, 0.717) is 23.4 Å². The van der Waals surface area contributed by atoms with Crippen LogP contribution in [0.3, 0.4) is 0 Å². The van der Waals surface area contributed by atoms with Crippen LogP contribution in [0.4, 0.5) is 0 Å². The Kier molecular flexibility index (Phi) is 5.41. The number of aliphatic hydroxyl groups is 1. The van der Waals surface area contributed by atoms with E-state index >= 15 is 0 Å². The summed E-state index contributed by atoms with van der Waals surface area (Å²) in [6, 6.07) is 5.42. The molecule has 2 rings (SSSR count). The highest BCUT2D eigenvalue weighted by Gasteiger charge is 2.38. The first-order chi connectivity index (χ1) is 10.0. The Morgan fingerprint density at radius 3 is 2.52 bits per heavy atom. The third-order valence-electron chi connectivity index (χ3n) is 3.97. The molecule has 0 aliphatic heterocycles. The van der Waals surface area contributed by atoms with Gasteiger partial charge in [0.15, 0.2) is 0 Å². The van der Waals surface area contributed by atoms with Gasteiger partial charge in [0.05, 0.1) is 11.5 Å². The zero-order chi connectivity index (χ0) is 15.5. The Balaban J connectivity index is 2.40. The summed E-state index contributed by atoms with van der Waals surface area (Å²) in [7, 11) is -3.46. The van der Waals surface area contributed by atoms with Gasteiger partial charge in [0, 0.05) is 12.6 Å². The van der Waals surface area contributed by atoms with E-state index < -0.39 is 10.0 Å². The summed E-state index contributed by atoms with van der Waals surface area (Å²) in [6.07, 6.45) is 4.47. The summed E-state index contributed by atoms with van der Waals surface area (Å²) in [5.74, 6) is 0. The number of rotatable bonds is 8. The number of benzene rings is 1. The van der Waals surface area contributed by atoms with Gasteiger partial charge in [-0.05, 0) is 42.9 Å². The van der Waals surface area contributed by atoms with Crippen molar-refractivity contribution in [3.63, 3.8) is 0 Å². The van der Waals surface area contributed by atoms with Crippen LogP contribution in [-0.4, -0.2) is 30.4 Å². The van der Waals surface area contributed by atoms with E-state index in [2.05, 4.69) is 6.92 Å². The van der Waals surface area contributed by atoms with Crippen molar-refractivity contribution in [1.82, 2.24) is 4.31 Å². The van der Waals surface area contributed by atoms with Crippen LogP contribution in [0.15, 0.2) is 23.1 Å². The van der Waals surface area contributed by atoms with Gasteiger partial charge in [0.25, 0.3) is 0 Å². The highest BCUT2D eigenvalue weighted by Crippen LogP contribution is 2.33. The van der Waals surface area contributed by atoms with Crippen molar-refractivity contribution < 1.29 is 13.5 Å². The number of aliphatic hydroxyl groups excluding tert-OH is 1. The summed E-state index contributed by atoms with van der Waals surface area (Å²) in [5.41, 5.74) is 1.48. The van der Waals surface area contributed by atoms with Crippen molar-refractivity contribution in [3.05, 3.63) is 29.3 Å². The maximum atomic E-state index is 13.0. The first kappa shape index (κ1) is 16.5. The van der Waals surface area contributed by atoms with Gasteiger partial charge in [-0.3, -0.25) is 0 Å². The number of nitrogens with zero attached hydrogens (tertiary/aromatic N) is 1. The summed E-state index contributed by atoms with van der Waals surface area (Å²) in [5, 5.41) is 9.28. The Morgan fingerprint density at radius 2 is 2.00 bits per heavy atom. The average Bonchev–Trinajstić information content (AvgIpc) is 3.31. The number of unbranched alkanes of at least 4 members (excludes halogenated alkanes) is 1. The Bertz CT molecular complexity index is 579. The molecule has 0 spiro atoms. The first-order valence-electron chi connectivity index (χ1n) is 7.79. The maximum absolute atomic E-state index is 13.0. The van der Waals surface area contributed by atoms with E-state index in [1.165, 1.54) is 0 Å². The number of aryl methyl sites for hydroxylation is 1. The van der Waals surface area contributed by atoms with Crippen molar-refractivity contribution >= 4 is 10.0 Å². The molecule has 0 amide bonds. The monoisotopic (exact) mass is 311 g/mol. The molecule has 21 heavy (non-hydrogen) atoms. The van der Waals surface area contributed by atoms with Crippen LogP contribution in [0.5, 0.6) is 0 Å². The summed E-state index contributed by atoms with van der Waals surface area (Å²) in [4.78, 5) is 0.375. The molecular formula is C16H25NO3S. The number of sulfonamides is 1. The molecule has 1 fully saturated rings.